The van der Waals surface area contributed by atoms with Crippen LogP contribution in [-0.4, -0.2) is 26.1 Å². The van der Waals surface area contributed by atoms with Gasteiger partial charge in [-0.05, 0) is 18.6 Å². The first-order chi connectivity index (χ1) is 8.43. The third-order valence-corrected chi connectivity index (χ3v) is 3.30. The van der Waals surface area contributed by atoms with Crippen LogP contribution in [0.4, 0.5) is 18.9 Å². The van der Waals surface area contributed by atoms with Crippen LogP contribution in [0.1, 0.15) is 18.4 Å². The molecule has 0 amide bonds. The first-order valence-corrected chi connectivity index (χ1v) is 5.90. The number of hydrogen-bond donors (Lipinski definition) is 0. The Balaban J connectivity index is 2.26. The molecule has 2 nitrogen and oxygen atoms in total. The molecule has 5 heteroatoms. The Bertz CT molecular complexity index is 438. The number of ether oxygens (including phenoxy) is 1. The van der Waals surface area contributed by atoms with E-state index in [2.05, 4.69) is 0 Å². The highest BCUT2D eigenvalue weighted by Crippen LogP contribution is 2.36. The number of nitrogens with zero attached hydrogens (tertiary/aromatic N) is 1. The van der Waals surface area contributed by atoms with Crippen molar-refractivity contribution in [3.8, 4) is 5.75 Å². The van der Waals surface area contributed by atoms with Crippen molar-refractivity contribution in [2.75, 3.05) is 25.1 Å². The van der Waals surface area contributed by atoms with Crippen LogP contribution in [0.15, 0.2) is 12.1 Å². The summed E-state index contributed by atoms with van der Waals surface area (Å²) in [6.45, 7) is 2.17. The van der Waals surface area contributed by atoms with Crippen LogP contribution < -0.4 is 9.64 Å². The van der Waals surface area contributed by atoms with Crippen LogP contribution in [0.3, 0.4) is 0 Å². The van der Waals surface area contributed by atoms with Crippen molar-refractivity contribution in [2.24, 2.45) is 0 Å². The van der Waals surface area contributed by atoms with Gasteiger partial charge in [-0.1, -0.05) is 0 Å². The summed E-state index contributed by atoms with van der Waals surface area (Å²) in [5.41, 5.74) is 1.18. The van der Waals surface area contributed by atoms with Crippen LogP contribution in [0.5, 0.6) is 5.75 Å². The van der Waals surface area contributed by atoms with Crippen LogP contribution in [0.2, 0.25) is 0 Å². The second-order valence-corrected chi connectivity index (χ2v) is 4.62. The predicted octanol–water partition coefficient (Wildman–Crippen LogP) is 3.38. The van der Waals surface area contributed by atoms with E-state index in [1.165, 1.54) is 13.2 Å². The minimum atomic E-state index is -2.58. The summed E-state index contributed by atoms with van der Waals surface area (Å²) in [6, 6.07) is 2.95. The minimum absolute atomic E-state index is 0.174. The van der Waals surface area contributed by atoms with E-state index in [9.17, 15) is 13.2 Å². The average molecular weight is 259 g/mol. The normalized spacial score (nSPS) is 18.8. The van der Waals surface area contributed by atoms with Gasteiger partial charge in [0, 0.05) is 32.0 Å². The van der Waals surface area contributed by atoms with E-state index < -0.39 is 5.92 Å². The molecule has 1 saturated heterocycles. The monoisotopic (exact) mass is 259 g/mol. The van der Waals surface area contributed by atoms with Crippen molar-refractivity contribution in [3.05, 3.63) is 23.5 Å². The van der Waals surface area contributed by atoms with E-state index in [0.717, 1.165) is 0 Å². The third-order valence-electron chi connectivity index (χ3n) is 3.30. The second-order valence-electron chi connectivity index (χ2n) is 4.62. The van der Waals surface area contributed by atoms with E-state index in [-0.39, 0.29) is 31.7 Å². The number of rotatable bonds is 2. The van der Waals surface area contributed by atoms with Crippen LogP contribution >= 0.6 is 0 Å². The fourth-order valence-corrected chi connectivity index (χ4v) is 2.13. The molecule has 1 aromatic rings. The Morgan fingerprint density at radius 1 is 1.22 bits per heavy atom. The first-order valence-electron chi connectivity index (χ1n) is 5.90. The third kappa shape index (κ3) is 2.54. The van der Waals surface area contributed by atoms with E-state index >= 15 is 0 Å². The summed E-state index contributed by atoms with van der Waals surface area (Å²) in [4.78, 5) is 1.82. The Kier molecular flexibility index (Phi) is 3.41. The Labute approximate surface area is 104 Å². The molecule has 1 heterocycles. The SMILES string of the molecule is COc1cc(F)c(C)cc1N1CCC(F)(F)CC1. The molecule has 1 aliphatic rings. The topological polar surface area (TPSA) is 12.5 Å². The van der Waals surface area contributed by atoms with E-state index in [1.807, 2.05) is 4.90 Å². The van der Waals surface area contributed by atoms with Crippen molar-refractivity contribution >= 4 is 5.69 Å². The lowest BCUT2D eigenvalue weighted by molar-refractivity contribution is -0.0221. The summed E-state index contributed by atoms with van der Waals surface area (Å²) in [6.07, 6.45) is -0.348. The number of aryl methyl sites for hydroxylation is 1. The van der Waals surface area contributed by atoms with Gasteiger partial charge in [0.05, 0.1) is 12.8 Å². The number of hydrogen-bond acceptors (Lipinski definition) is 2. The van der Waals surface area contributed by atoms with Crippen LogP contribution in [0.25, 0.3) is 0 Å². The molecule has 0 radical (unpaired) electrons. The summed E-state index contributed by atoms with van der Waals surface area (Å²) in [5, 5.41) is 0. The van der Waals surface area contributed by atoms with Gasteiger partial charge in [-0.2, -0.15) is 0 Å². The standard InChI is InChI=1S/C13H16F3NO/c1-9-7-11(12(18-2)8-10(9)14)17-5-3-13(15,16)4-6-17/h7-8H,3-6H2,1-2H3. The van der Waals surface area contributed by atoms with E-state index in [1.54, 1.807) is 13.0 Å². The van der Waals surface area contributed by atoms with E-state index in [4.69, 9.17) is 4.74 Å². The molecule has 0 saturated carbocycles. The maximum absolute atomic E-state index is 13.4. The smallest absolute Gasteiger partial charge is 0.251 e. The molecule has 1 aliphatic heterocycles. The van der Waals surface area contributed by atoms with Crippen molar-refractivity contribution in [1.29, 1.82) is 0 Å². The maximum Gasteiger partial charge on any atom is 0.251 e. The Morgan fingerprint density at radius 2 is 1.83 bits per heavy atom. The zero-order chi connectivity index (χ0) is 13.3. The van der Waals surface area contributed by atoms with Crippen LogP contribution in [-0.2, 0) is 0 Å². The van der Waals surface area contributed by atoms with Crippen molar-refractivity contribution in [2.45, 2.75) is 25.7 Å². The highest BCUT2D eigenvalue weighted by molar-refractivity contribution is 5.60. The van der Waals surface area contributed by atoms with Gasteiger partial charge in [0.25, 0.3) is 5.92 Å². The average Bonchev–Trinajstić information content (AvgIpc) is 2.32. The van der Waals surface area contributed by atoms with Crippen molar-refractivity contribution in [1.82, 2.24) is 0 Å². The molecule has 0 aliphatic carbocycles. The molecule has 0 spiro atoms. The maximum atomic E-state index is 13.4. The van der Waals surface area contributed by atoms with Gasteiger partial charge >= 0.3 is 0 Å². The molecule has 0 unspecified atom stereocenters. The zero-order valence-corrected chi connectivity index (χ0v) is 10.5. The molecule has 18 heavy (non-hydrogen) atoms. The number of methoxy groups -OCH3 is 1. The second kappa shape index (κ2) is 4.71. The Hall–Kier alpha value is -1.39. The molecular weight excluding hydrogens is 243 g/mol. The summed E-state index contributed by atoms with van der Waals surface area (Å²) in [5.74, 6) is -2.54. The zero-order valence-electron chi connectivity index (χ0n) is 10.5. The van der Waals surface area contributed by atoms with Gasteiger partial charge in [-0.3, -0.25) is 0 Å². The van der Waals surface area contributed by atoms with Crippen molar-refractivity contribution in [3.63, 3.8) is 0 Å². The lowest BCUT2D eigenvalue weighted by Crippen LogP contribution is -2.39. The molecule has 2 rings (SSSR count). The number of alkyl halides is 2. The van der Waals surface area contributed by atoms with Gasteiger partial charge in [-0.25, -0.2) is 13.2 Å². The van der Waals surface area contributed by atoms with E-state index in [0.29, 0.717) is 17.0 Å². The molecule has 0 bridgehead atoms. The summed E-state index contributed by atoms with van der Waals surface area (Å²) < 4.78 is 44.7. The summed E-state index contributed by atoms with van der Waals surface area (Å²) >= 11 is 0. The lowest BCUT2D eigenvalue weighted by Gasteiger charge is -2.34. The predicted molar refractivity (Wildman–Crippen MR) is 64.1 cm³/mol. The number of piperidine rings is 1. The molecule has 0 atom stereocenters. The van der Waals surface area contributed by atoms with Gasteiger partial charge in [0.2, 0.25) is 0 Å². The highest BCUT2D eigenvalue weighted by atomic mass is 19.3. The van der Waals surface area contributed by atoms with Gasteiger partial charge in [-0.15, -0.1) is 0 Å². The fraction of sp³-hybridized carbons (Fsp3) is 0.538. The molecule has 0 aromatic heterocycles. The number of anilines is 1. The quantitative estimate of drug-likeness (QED) is 0.807. The lowest BCUT2D eigenvalue weighted by atomic mass is 10.1. The minimum Gasteiger partial charge on any atom is -0.494 e. The Morgan fingerprint density at radius 3 is 2.39 bits per heavy atom. The summed E-state index contributed by atoms with van der Waals surface area (Å²) in [7, 11) is 1.45. The van der Waals surface area contributed by atoms with Crippen LogP contribution in [0, 0.1) is 12.7 Å². The molecule has 1 aromatic carbocycles. The first kappa shape index (κ1) is 13.1. The van der Waals surface area contributed by atoms with Gasteiger partial charge in [0.1, 0.15) is 11.6 Å². The highest BCUT2D eigenvalue weighted by Gasteiger charge is 2.34. The van der Waals surface area contributed by atoms with Gasteiger partial charge < -0.3 is 9.64 Å². The molecule has 100 valence electrons. The molecule has 1 fully saturated rings. The van der Waals surface area contributed by atoms with Crippen molar-refractivity contribution < 1.29 is 17.9 Å². The fourth-order valence-electron chi connectivity index (χ4n) is 2.13. The number of halogens is 3. The molecule has 0 N–H and O–H groups in total. The van der Waals surface area contributed by atoms with Gasteiger partial charge in [0.15, 0.2) is 0 Å². The molecular formula is C13H16F3NO. The largest absolute Gasteiger partial charge is 0.494 e. The number of benzene rings is 1.